The molecule has 0 aliphatic carbocycles. The summed E-state index contributed by atoms with van der Waals surface area (Å²) in [4.78, 5) is 47.0. The average Bonchev–Trinajstić information content (AvgIpc) is 2.49. The van der Waals surface area contributed by atoms with Gasteiger partial charge in [-0.25, -0.2) is 4.79 Å². The van der Waals surface area contributed by atoms with Crippen LogP contribution in [0.2, 0.25) is 5.02 Å². The van der Waals surface area contributed by atoms with E-state index >= 15 is 0 Å². The maximum absolute atomic E-state index is 12.0. The summed E-state index contributed by atoms with van der Waals surface area (Å²) in [5.74, 6) is -2.03. The van der Waals surface area contributed by atoms with Crippen LogP contribution < -0.4 is 5.32 Å². The van der Waals surface area contributed by atoms with E-state index in [0.717, 1.165) is 17.0 Å². The van der Waals surface area contributed by atoms with Crippen LogP contribution in [-0.2, 0) is 14.3 Å². The van der Waals surface area contributed by atoms with Crippen LogP contribution in [0, 0.1) is 10.1 Å². The van der Waals surface area contributed by atoms with E-state index in [2.05, 4.69) is 5.32 Å². The number of carbonyl (C=O) groups excluding carboxylic acids is 3. The number of nitro benzene ring substituents is 1. The molecule has 0 fully saturated rings. The Morgan fingerprint density at radius 2 is 1.92 bits per heavy atom. The van der Waals surface area contributed by atoms with Crippen LogP contribution in [0.5, 0.6) is 0 Å². The standard InChI is InChI=1S/C16H20ClN3O6/c1-16(2,3)18-13(21)8-19(4)14(22)9-26-15(23)11-6-5-10(17)7-12(11)20(24)25/h5-7H,8-9H2,1-4H3,(H,18,21). The summed E-state index contributed by atoms with van der Waals surface area (Å²) in [6.07, 6.45) is 0. The highest BCUT2D eigenvalue weighted by Crippen LogP contribution is 2.23. The molecule has 1 N–H and O–H groups in total. The second-order valence-corrected chi connectivity index (χ2v) is 6.98. The van der Waals surface area contributed by atoms with E-state index in [9.17, 15) is 24.5 Å². The van der Waals surface area contributed by atoms with E-state index in [1.165, 1.54) is 13.1 Å². The zero-order valence-electron chi connectivity index (χ0n) is 14.9. The number of carbonyl (C=O) groups is 3. The number of amides is 2. The third-order valence-corrected chi connectivity index (χ3v) is 3.26. The quantitative estimate of drug-likeness (QED) is 0.453. The highest BCUT2D eigenvalue weighted by molar-refractivity contribution is 6.31. The van der Waals surface area contributed by atoms with Gasteiger partial charge in [-0.15, -0.1) is 0 Å². The van der Waals surface area contributed by atoms with Crippen molar-refractivity contribution < 1.29 is 24.0 Å². The van der Waals surface area contributed by atoms with E-state index < -0.39 is 34.6 Å². The fourth-order valence-electron chi connectivity index (χ4n) is 1.91. The van der Waals surface area contributed by atoms with E-state index in [4.69, 9.17) is 16.3 Å². The van der Waals surface area contributed by atoms with E-state index in [-0.39, 0.29) is 23.0 Å². The van der Waals surface area contributed by atoms with Gasteiger partial charge in [0, 0.05) is 23.7 Å². The minimum Gasteiger partial charge on any atom is -0.452 e. The van der Waals surface area contributed by atoms with Crippen molar-refractivity contribution in [2.75, 3.05) is 20.2 Å². The molecule has 1 rings (SSSR count). The number of ether oxygens (including phenoxy) is 1. The van der Waals surface area contributed by atoms with Crippen LogP contribution in [0.3, 0.4) is 0 Å². The van der Waals surface area contributed by atoms with Gasteiger partial charge in [0.15, 0.2) is 6.61 Å². The fraction of sp³-hybridized carbons (Fsp3) is 0.438. The first kappa shape index (κ1) is 21.4. The lowest BCUT2D eigenvalue weighted by Crippen LogP contribution is -2.46. The molecule has 0 saturated heterocycles. The highest BCUT2D eigenvalue weighted by atomic mass is 35.5. The predicted molar refractivity (Wildman–Crippen MR) is 93.9 cm³/mol. The molecule has 26 heavy (non-hydrogen) atoms. The van der Waals surface area contributed by atoms with Gasteiger partial charge in [0.05, 0.1) is 11.5 Å². The van der Waals surface area contributed by atoms with Crippen molar-refractivity contribution in [1.29, 1.82) is 0 Å². The van der Waals surface area contributed by atoms with E-state index in [1.807, 2.05) is 0 Å². The van der Waals surface area contributed by atoms with Crippen molar-refractivity contribution in [2.45, 2.75) is 26.3 Å². The van der Waals surface area contributed by atoms with E-state index in [1.54, 1.807) is 20.8 Å². The maximum Gasteiger partial charge on any atom is 0.345 e. The number of likely N-dealkylation sites (N-methyl/N-ethyl adjacent to an activating group) is 1. The molecule has 0 atom stereocenters. The number of hydrogen-bond donors (Lipinski definition) is 1. The van der Waals surface area contributed by atoms with Gasteiger partial charge in [0.1, 0.15) is 5.56 Å². The summed E-state index contributed by atoms with van der Waals surface area (Å²) in [5.41, 5.74) is -1.28. The lowest BCUT2D eigenvalue weighted by atomic mass is 10.1. The molecular weight excluding hydrogens is 366 g/mol. The Morgan fingerprint density at radius 3 is 2.46 bits per heavy atom. The maximum atomic E-state index is 12.0. The first-order chi connectivity index (χ1) is 11.9. The first-order valence-electron chi connectivity index (χ1n) is 7.57. The number of nitro groups is 1. The molecule has 0 bridgehead atoms. The third kappa shape index (κ3) is 6.67. The minimum absolute atomic E-state index is 0.0916. The Balaban J connectivity index is 2.66. The van der Waals surface area contributed by atoms with Gasteiger partial charge in [-0.2, -0.15) is 0 Å². The SMILES string of the molecule is CN(CC(=O)NC(C)(C)C)C(=O)COC(=O)c1ccc(Cl)cc1[N+](=O)[O-]. The molecule has 0 unspecified atom stereocenters. The Kier molecular flexibility index (Phi) is 7.08. The van der Waals surface area contributed by atoms with Gasteiger partial charge >= 0.3 is 5.97 Å². The normalized spacial score (nSPS) is 10.8. The molecule has 0 radical (unpaired) electrons. The van der Waals surface area contributed by atoms with Crippen molar-refractivity contribution >= 4 is 35.1 Å². The molecule has 142 valence electrons. The first-order valence-corrected chi connectivity index (χ1v) is 7.94. The Morgan fingerprint density at radius 1 is 1.31 bits per heavy atom. The van der Waals surface area contributed by atoms with Crippen LogP contribution >= 0.6 is 11.6 Å². The van der Waals surface area contributed by atoms with Crippen LogP contribution in [0.25, 0.3) is 0 Å². The summed E-state index contributed by atoms with van der Waals surface area (Å²) in [5, 5.41) is 13.8. The molecule has 0 heterocycles. The lowest BCUT2D eigenvalue weighted by Gasteiger charge is -2.23. The molecule has 1 aromatic rings. The van der Waals surface area contributed by atoms with Gasteiger partial charge in [-0.3, -0.25) is 19.7 Å². The van der Waals surface area contributed by atoms with Crippen molar-refractivity contribution in [1.82, 2.24) is 10.2 Å². The molecule has 9 nitrogen and oxygen atoms in total. The van der Waals surface area contributed by atoms with Gasteiger partial charge in [0.25, 0.3) is 11.6 Å². The van der Waals surface area contributed by atoms with Crippen molar-refractivity contribution in [3.63, 3.8) is 0 Å². The number of hydrogen-bond acceptors (Lipinski definition) is 6. The van der Waals surface area contributed by atoms with Gasteiger partial charge < -0.3 is 15.0 Å². The molecule has 10 heteroatoms. The highest BCUT2D eigenvalue weighted by Gasteiger charge is 2.24. The van der Waals surface area contributed by atoms with Crippen molar-refractivity contribution in [2.24, 2.45) is 0 Å². The van der Waals surface area contributed by atoms with Crippen LogP contribution in [0.15, 0.2) is 18.2 Å². The molecule has 0 aliphatic heterocycles. The Hall–Kier alpha value is -2.68. The van der Waals surface area contributed by atoms with Crippen molar-refractivity contribution in [3.8, 4) is 0 Å². The Bertz CT molecular complexity index is 729. The monoisotopic (exact) mass is 385 g/mol. The summed E-state index contributed by atoms with van der Waals surface area (Å²) in [6.45, 7) is 4.53. The van der Waals surface area contributed by atoms with Crippen molar-refractivity contribution in [3.05, 3.63) is 38.9 Å². The van der Waals surface area contributed by atoms with Crippen LogP contribution in [-0.4, -0.2) is 53.3 Å². The minimum atomic E-state index is -1.03. The molecule has 0 aliphatic rings. The summed E-state index contributed by atoms with van der Waals surface area (Å²) in [6, 6.07) is 3.46. The second-order valence-electron chi connectivity index (χ2n) is 6.54. The molecule has 1 aromatic carbocycles. The number of nitrogens with one attached hydrogen (secondary N) is 1. The summed E-state index contributed by atoms with van der Waals surface area (Å²) < 4.78 is 4.81. The largest absolute Gasteiger partial charge is 0.452 e. The number of rotatable bonds is 6. The molecule has 2 amide bonds. The average molecular weight is 386 g/mol. The lowest BCUT2D eigenvalue weighted by molar-refractivity contribution is -0.385. The summed E-state index contributed by atoms with van der Waals surface area (Å²) >= 11 is 5.67. The number of halogens is 1. The zero-order chi connectivity index (χ0) is 20.1. The molecular formula is C16H20ClN3O6. The number of esters is 1. The smallest absolute Gasteiger partial charge is 0.345 e. The predicted octanol–water partition coefficient (Wildman–Crippen LogP) is 1.78. The third-order valence-electron chi connectivity index (χ3n) is 3.02. The number of nitrogens with zero attached hydrogens (tertiary/aromatic N) is 2. The molecule has 0 aromatic heterocycles. The molecule has 0 saturated carbocycles. The van der Waals surface area contributed by atoms with Gasteiger partial charge in [-0.05, 0) is 32.9 Å². The van der Waals surface area contributed by atoms with E-state index in [0.29, 0.717) is 0 Å². The molecule has 0 spiro atoms. The van der Waals surface area contributed by atoms with Gasteiger partial charge in [-0.1, -0.05) is 11.6 Å². The van der Waals surface area contributed by atoms with Crippen LogP contribution in [0.1, 0.15) is 31.1 Å². The van der Waals surface area contributed by atoms with Crippen LogP contribution in [0.4, 0.5) is 5.69 Å². The number of benzene rings is 1. The zero-order valence-corrected chi connectivity index (χ0v) is 15.6. The van der Waals surface area contributed by atoms with Gasteiger partial charge in [0.2, 0.25) is 5.91 Å². The Labute approximate surface area is 155 Å². The second kappa shape index (κ2) is 8.61. The summed E-state index contributed by atoms with van der Waals surface area (Å²) in [7, 11) is 1.38. The fourth-order valence-corrected chi connectivity index (χ4v) is 2.07. The topological polar surface area (TPSA) is 119 Å².